The molecule has 1 N–H and O–H groups in total. The van der Waals surface area contributed by atoms with Crippen molar-refractivity contribution in [3.63, 3.8) is 0 Å². The van der Waals surface area contributed by atoms with Crippen LogP contribution in [-0.2, 0) is 9.53 Å². The van der Waals surface area contributed by atoms with Gasteiger partial charge in [0.05, 0.1) is 12.4 Å². The lowest BCUT2D eigenvalue weighted by atomic mass is 10.3. The Morgan fingerprint density at radius 3 is 2.52 bits per heavy atom. The number of nitriles is 1. The average Bonchev–Trinajstić information content (AvgIpc) is 2.75. The van der Waals surface area contributed by atoms with Gasteiger partial charge in [0, 0.05) is 15.5 Å². The normalized spacial score (nSPS) is 10.2. The number of anilines is 2. The summed E-state index contributed by atoms with van der Waals surface area (Å²) in [4.78, 5) is 22.1. The minimum absolute atomic E-state index is 0.0877. The van der Waals surface area contributed by atoms with E-state index >= 15 is 0 Å². The summed E-state index contributed by atoms with van der Waals surface area (Å²) in [5.74, 6) is 0.142. The molecule has 0 aliphatic heterocycles. The van der Waals surface area contributed by atoms with E-state index in [0.29, 0.717) is 23.0 Å². The number of nitrogens with zero attached hydrogens (tertiary/aromatic N) is 3. The molecule has 8 heteroatoms. The summed E-state index contributed by atoms with van der Waals surface area (Å²) < 4.78 is 4.91. The van der Waals surface area contributed by atoms with Crippen LogP contribution in [0.2, 0.25) is 0 Å². The third kappa shape index (κ3) is 5.98. The first-order valence-corrected chi connectivity index (χ1v) is 10.6. The van der Waals surface area contributed by atoms with E-state index in [-0.39, 0.29) is 11.7 Å². The second kappa shape index (κ2) is 10.5. The molecule has 0 bridgehead atoms. The zero-order valence-electron chi connectivity index (χ0n) is 15.7. The van der Waals surface area contributed by atoms with Crippen LogP contribution in [0.1, 0.15) is 12.5 Å². The van der Waals surface area contributed by atoms with Crippen molar-refractivity contribution < 1.29 is 9.53 Å². The van der Waals surface area contributed by atoms with Crippen LogP contribution < -0.4 is 5.32 Å². The molecule has 0 saturated heterocycles. The van der Waals surface area contributed by atoms with Crippen LogP contribution in [0.15, 0.2) is 75.7 Å². The fraction of sp³-hybridized carbons (Fsp3) is 0.143. The molecule has 6 nitrogen and oxygen atoms in total. The topological polar surface area (TPSA) is 87.9 Å². The summed E-state index contributed by atoms with van der Waals surface area (Å²) in [6, 6.07) is 20.1. The van der Waals surface area contributed by atoms with Crippen LogP contribution in [0.25, 0.3) is 0 Å². The van der Waals surface area contributed by atoms with Crippen molar-refractivity contribution in [2.24, 2.45) is 0 Å². The molecule has 0 aliphatic rings. The molecule has 3 rings (SSSR count). The Hall–Kier alpha value is -3.02. The number of esters is 1. The minimum Gasteiger partial charge on any atom is -0.465 e. The van der Waals surface area contributed by atoms with E-state index in [9.17, 15) is 10.1 Å². The molecule has 2 aromatic carbocycles. The van der Waals surface area contributed by atoms with Gasteiger partial charge in [-0.2, -0.15) is 5.26 Å². The van der Waals surface area contributed by atoms with Crippen molar-refractivity contribution in [1.29, 1.82) is 5.26 Å². The Bertz CT molecular complexity index is 1010. The molecule has 0 radical (unpaired) electrons. The van der Waals surface area contributed by atoms with Gasteiger partial charge in [0.1, 0.15) is 23.0 Å². The van der Waals surface area contributed by atoms with Crippen molar-refractivity contribution in [2.45, 2.75) is 21.7 Å². The highest BCUT2D eigenvalue weighted by Gasteiger charge is 2.14. The summed E-state index contributed by atoms with van der Waals surface area (Å²) >= 11 is 2.83. The molecule has 29 heavy (non-hydrogen) atoms. The van der Waals surface area contributed by atoms with Crippen LogP contribution in [0, 0.1) is 11.3 Å². The second-order valence-electron chi connectivity index (χ2n) is 5.67. The fourth-order valence-corrected chi connectivity index (χ4v) is 3.96. The molecule has 0 unspecified atom stereocenters. The van der Waals surface area contributed by atoms with Gasteiger partial charge >= 0.3 is 5.97 Å². The first-order chi connectivity index (χ1) is 14.2. The third-order valence-corrected chi connectivity index (χ3v) is 5.63. The molecule has 0 fully saturated rings. The van der Waals surface area contributed by atoms with Gasteiger partial charge in [-0.1, -0.05) is 41.7 Å². The van der Waals surface area contributed by atoms with Gasteiger partial charge in [-0.3, -0.25) is 4.79 Å². The summed E-state index contributed by atoms with van der Waals surface area (Å²) in [6.45, 7) is 2.07. The van der Waals surface area contributed by atoms with Crippen molar-refractivity contribution in [3.8, 4) is 6.07 Å². The SMILES string of the molecule is CCOC(=O)CSc1ncnc(Nc2ccc(Sc3ccccc3)cc2)c1C#N. The highest BCUT2D eigenvalue weighted by molar-refractivity contribution is 8.00. The second-order valence-corrected chi connectivity index (χ2v) is 7.78. The van der Waals surface area contributed by atoms with Crippen molar-refractivity contribution in [2.75, 3.05) is 17.7 Å². The maximum absolute atomic E-state index is 11.6. The Labute approximate surface area is 177 Å². The number of thioether (sulfide) groups is 1. The first-order valence-electron chi connectivity index (χ1n) is 8.83. The number of ether oxygens (including phenoxy) is 1. The Balaban J connectivity index is 1.70. The molecule has 3 aromatic rings. The van der Waals surface area contributed by atoms with Gasteiger partial charge in [0.2, 0.25) is 0 Å². The molecule has 1 aromatic heterocycles. The largest absolute Gasteiger partial charge is 0.465 e. The zero-order chi connectivity index (χ0) is 20.5. The highest BCUT2D eigenvalue weighted by atomic mass is 32.2. The smallest absolute Gasteiger partial charge is 0.316 e. The van der Waals surface area contributed by atoms with E-state index in [4.69, 9.17) is 4.74 Å². The van der Waals surface area contributed by atoms with E-state index in [1.165, 1.54) is 11.2 Å². The van der Waals surface area contributed by atoms with Gasteiger partial charge in [-0.05, 0) is 43.3 Å². The van der Waals surface area contributed by atoms with Gasteiger partial charge in [-0.15, -0.1) is 0 Å². The molecular weight excluding hydrogens is 404 g/mol. The predicted molar refractivity (Wildman–Crippen MR) is 114 cm³/mol. The van der Waals surface area contributed by atoms with Gasteiger partial charge < -0.3 is 10.1 Å². The molecule has 1 heterocycles. The van der Waals surface area contributed by atoms with Gasteiger partial charge in [0.15, 0.2) is 5.82 Å². The standard InChI is InChI=1S/C21H18N4O2S2/c1-2-27-19(26)13-28-21-18(12-22)20(23-14-24-21)25-15-8-10-17(11-9-15)29-16-6-4-3-5-7-16/h3-11,14H,2,13H2,1H3,(H,23,24,25). The van der Waals surface area contributed by atoms with Crippen molar-refractivity contribution in [3.05, 3.63) is 66.5 Å². The van der Waals surface area contributed by atoms with E-state index in [1.54, 1.807) is 18.7 Å². The summed E-state index contributed by atoms with van der Waals surface area (Å²) in [7, 11) is 0. The van der Waals surface area contributed by atoms with Crippen LogP contribution in [0.3, 0.4) is 0 Å². The summed E-state index contributed by atoms with van der Waals surface area (Å²) in [6.07, 6.45) is 1.37. The molecule has 0 spiro atoms. The maximum atomic E-state index is 11.6. The number of hydrogen-bond donors (Lipinski definition) is 1. The monoisotopic (exact) mass is 422 g/mol. The Morgan fingerprint density at radius 2 is 1.83 bits per heavy atom. The Kier molecular flexibility index (Phi) is 7.50. The fourth-order valence-electron chi connectivity index (χ4n) is 2.37. The lowest BCUT2D eigenvalue weighted by molar-refractivity contribution is -0.139. The summed E-state index contributed by atoms with van der Waals surface area (Å²) in [5.41, 5.74) is 1.10. The van der Waals surface area contributed by atoms with E-state index in [0.717, 1.165) is 22.3 Å². The molecule has 0 atom stereocenters. The average molecular weight is 423 g/mol. The number of carbonyl (C=O) groups excluding carboxylic acids is 1. The molecular formula is C21H18N4O2S2. The maximum Gasteiger partial charge on any atom is 0.316 e. The van der Waals surface area contributed by atoms with Crippen molar-refractivity contribution >= 4 is 41.0 Å². The number of rotatable bonds is 8. The Morgan fingerprint density at radius 1 is 1.10 bits per heavy atom. The lowest BCUT2D eigenvalue weighted by Gasteiger charge is -2.10. The van der Waals surface area contributed by atoms with Gasteiger partial charge in [-0.25, -0.2) is 9.97 Å². The first kappa shape index (κ1) is 20.7. The van der Waals surface area contributed by atoms with Crippen LogP contribution in [-0.4, -0.2) is 28.3 Å². The third-order valence-electron chi connectivity index (χ3n) is 3.65. The predicted octanol–water partition coefficient (Wildman–Crippen LogP) is 4.90. The minimum atomic E-state index is -0.346. The van der Waals surface area contributed by atoms with Crippen LogP contribution in [0.4, 0.5) is 11.5 Å². The quantitative estimate of drug-likeness (QED) is 0.312. The van der Waals surface area contributed by atoms with Crippen molar-refractivity contribution in [1.82, 2.24) is 9.97 Å². The number of hydrogen-bond acceptors (Lipinski definition) is 8. The lowest BCUT2D eigenvalue weighted by Crippen LogP contribution is -2.07. The van der Waals surface area contributed by atoms with Gasteiger partial charge in [0.25, 0.3) is 0 Å². The number of nitrogens with one attached hydrogen (secondary N) is 1. The van der Waals surface area contributed by atoms with E-state index in [2.05, 4.69) is 33.5 Å². The van der Waals surface area contributed by atoms with Crippen LogP contribution >= 0.6 is 23.5 Å². The summed E-state index contributed by atoms with van der Waals surface area (Å²) in [5, 5.41) is 13.1. The molecule has 0 aliphatic carbocycles. The zero-order valence-corrected chi connectivity index (χ0v) is 17.3. The van der Waals surface area contributed by atoms with E-state index < -0.39 is 0 Å². The highest BCUT2D eigenvalue weighted by Crippen LogP contribution is 2.30. The van der Waals surface area contributed by atoms with E-state index in [1.807, 2.05) is 42.5 Å². The number of carbonyl (C=O) groups is 1. The van der Waals surface area contributed by atoms with Crippen LogP contribution in [0.5, 0.6) is 0 Å². The molecule has 146 valence electrons. The molecule has 0 saturated carbocycles. The number of aromatic nitrogens is 2. The number of benzene rings is 2. The molecule has 0 amide bonds.